The van der Waals surface area contributed by atoms with Crippen molar-refractivity contribution in [2.45, 2.75) is 39.7 Å². The van der Waals surface area contributed by atoms with E-state index in [2.05, 4.69) is 6.92 Å². The SMILES string of the molecule is CCOCC(OCC)(OCC)O[SiH2]CC. The third-order valence-corrected chi connectivity index (χ3v) is 2.79. The van der Waals surface area contributed by atoms with Crippen LogP contribution < -0.4 is 0 Å². The van der Waals surface area contributed by atoms with Crippen LogP contribution in [-0.4, -0.2) is 42.2 Å². The van der Waals surface area contributed by atoms with Crippen molar-refractivity contribution in [1.82, 2.24) is 0 Å². The fourth-order valence-corrected chi connectivity index (χ4v) is 1.94. The normalized spacial score (nSPS) is 12.8. The molecule has 5 heteroatoms. The molecule has 0 amide bonds. The second-order valence-electron chi connectivity index (χ2n) is 3.03. The minimum atomic E-state index is -0.957. The summed E-state index contributed by atoms with van der Waals surface area (Å²) in [6, 6.07) is 1.06. The van der Waals surface area contributed by atoms with E-state index in [9.17, 15) is 0 Å². The molecule has 0 N–H and O–H groups in total. The Bertz CT molecular complexity index is 127. The molecule has 0 fully saturated rings. The first-order valence-electron chi connectivity index (χ1n) is 5.74. The van der Waals surface area contributed by atoms with Crippen LogP contribution >= 0.6 is 0 Å². The van der Waals surface area contributed by atoms with E-state index in [1.807, 2.05) is 20.8 Å². The molecule has 0 aliphatic carbocycles. The fraction of sp³-hybridized carbons (Fsp3) is 1.00. The van der Waals surface area contributed by atoms with Gasteiger partial charge in [-0.05, 0) is 26.8 Å². The largest absolute Gasteiger partial charge is 0.374 e. The standard InChI is InChI=1S/C10H24O4Si/c1-5-11-9-10(12-6-2,13-7-3)14-15-8-4/h5-9,15H2,1-4H3. The van der Waals surface area contributed by atoms with Crippen molar-refractivity contribution < 1.29 is 18.6 Å². The first kappa shape index (κ1) is 15.1. The predicted molar refractivity (Wildman–Crippen MR) is 62.6 cm³/mol. The van der Waals surface area contributed by atoms with Crippen LogP contribution in [0.3, 0.4) is 0 Å². The number of hydrogen-bond acceptors (Lipinski definition) is 4. The Kier molecular flexibility index (Phi) is 9.33. The Labute approximate surface area is 95.2 Å². The summed E-state index contributed by atoms with van der Waals surface area (Å²) in [5.74, 6) is -0.957. The van der Waals surface area contributed by atoms with Gasteiger partial charge >= 0.3 is 0 Å². The lowest BCUT2D eigenvalue weighted by molar-refractivity contribution is -0.358. The van der Waals surface area contributed by atoms with Crippen LogP contribution in [-0.2, 0) is 18.6 Å². The van der Waals surface area contributed by atoms with Crippen LogP contribution in [0.2, 0.25) is 6.04 Å². The van der Waals surface area contributed by atoms with Crippen molar-refractivity contribution in [2.24, 2.45) is 0 Å². The van der Waals surface area contributed by atoms with Gasteiger partial charge in [0.15, 0.2) is 9.76 Å². The smallest absolute Gasteiger partial charge is 0.297 e. The van der Waals surface area contributed by atoms with Gasteiger partial charge < -0.3 is 18.6 Å². The van der Waals surface area contributed by atoms with E-state index in [1.54, 1.807) is 0 Å². The van der Waals surface area contributed by atoms with Gasteiger partial charge in [0.1, 0.15) is 6.61 Å². The monoisotopic (exact) mass is 236 g/mol. The predicted octanol–water partition coefficient (Wildman–Crippen LogP) is 1.29. The van der Waals surface area contributed by atoms with E-state index in [-0.39, 0.29) is 0 Å². The summed E-state index contributed by atoms with van der Waals surface area (Å²) in [4.78, 5) is 0. The molecule has 0 atom stereocenters. The molecule has 92 valence electrons. The van der Waals surface area contributed by atoms with Gasteiger partial charge in [0.2, 0.25) is 0 Å². The summed E-state index contributed by atoms with van der Waals surface area (Å²) in [6.45, 7) is 10.0. The molecule has 0 aromatic carbocycles. The fourth-order valence-electron chi connectivity index (χ4n) is 1.17. The molecule has 0 aromatic heterocycles. The van der Waals surface area contributed by atoms with Crippen molar-refractivity contribution in [3.05, 3.63) is 0 Å². The highest BCUT2D eigenvalue weighted by molar-refractivity contribution is 6.26. The van der Waals surface area contributed by atoms with E-state index in [1.165, 1.54) is 0 Å². The summed E-state index contributed by atoms with van der Waals surface area (Å²) in [7, 11) is -0.581. The van der Waals surface area contributed by atoms with Crippen LogP contribution in [0.5, 0.6) is 0 Å². The highest BCUT2D eigenvalue weighted by atomic mass is 28.2. The molecule has 0 rings (SSSR count). The molecule has 0 heterocycles. The number of ether oxygens (including phenoxy) is 3. The summed E-state index contributed by atoms with van der Waals surface area (Å²) in [5, 5.41) is 0. The van der Waals surface area contributed by atoms with Crippen LogP contribution in [0.15, 0.2) is 0 Å². The molecule has 0 saturated heterocycles. The summed E-state index contributed by atoms with van der Waals surface area (Å²) < 4.78 is 22.2. The zero-order valence-corrected chi connectivity index (χ0v) is 11.8. The Morgan fingerprint density at radius 1 is 0.933 bits per heavy atom. The van der Waals surface area contributed by atoms with E-state index in [0.717, 1.165) is 6.04 Å². The Morgan fingerprint density at radius 2 is 1.53 bits per heavy atom. The van der Waals surface area contributed by atoms with Crippen LogP contribution in [0.1, 0.15) is 27.7 Å². The van der Waals surface area contributed by atoms with Gasteiger partial charge in [0.05, 0.1) is 0 Å². The molecule has 4 nitrogen and oxygen atoms in total. The average Bonchev–Trinajstić information content (AvgIpc) is 2.24. The Balaban J connectivity index is 4.26. The van der Waals surface area contributed by atoms with E-state index >= 15 is 0 Å². The Hall–Kier alpha value is 0.0569. The van der Waals surface area contributed by atoms with Gasteiger partial charge in [-0.1, -0.05) is 6.92 Å². The van der Waals surface area contributed by atoms with Crippen LogP contribution in [0.4, 0.5) is 0 Å². The highest BCUT2D eigenvalue weighted by Gasteiger charge is 2.32. The maximum Gasteiger partial charge on any atom is 0.297 e. The molecule has 0 saturated carbocycles. The molecule has 0 radical (unpaired) electrons. The molecule has 0 bridgehead atoms. The first-order valence-corrected chi connectivity index (χ1v) is 7.32. The zero-order valence-electron chi connectivity index (χ0n) is 10.4. The molecular weight excluding hydrogens is 212 g/mol. The molecule has 15 heavy (non-hydrogen) atoms. The third-order valence-electron chi connectivity index (χ3n) is 1.74. The lowest BCUT2D eigenvalue weighted by Crippen LogP contribution is -2.45. The van der Waals surface area contributed by atoms with Crippen molar-refractivity contribution in [2.75, 3.05) is 26.4 Å². The summed E-state index contributed by atoms with van der Waals surface area (Å²) in [6.07, 6.45) is 0. The van der Waals surface area contributed by atoms with E-state index < -0.39 is 15.7 Å². The molecule has 0 aromatic rings. The second-order valence-corrected chi connectivity index (χ2v) is 4.73. The summed E-state index contributed by atoms with van der Waals surface area (Å²) >= 11 is 0. The van der Waals surface area contributed by atoms with Gasteiger partial charge in [-0.25, -0.2) is 0 Å². The summed E-state index contributed by atoms with van der Waals surface area (Å²) in [5.41, 5.74) is 0. The zero-order chi connectivity index (χ0) is 11.6. The minimum Gasteiger partial charge on any atom is -0.374 e. The molecule has 0 aliphatic rings. The van der Waals surface area contributed by atoms with Gasteiger partial charge in [0, 0.05) is 19.8 Å². The average molecular weight is 236 g/mol. The maximum absolute atomic E-state index is 5.73. The molecule has 0 unspecified atom stereocenters. The van der Waals surface area contributed by atoms with Crippen molar-refractivity contribution in [3.8, 4) is 0 Å². The third kappa shape index (κ3) is 6.27. The van der Waals surface area contributed by atoms with Crippen LogP contribution in [0.25, 0.3) is 0 Å². The van der Waals surface area contributed by atoms with Gasteiger partial charge in [-0.3, -0.25) is 0 Å². The van der Waals surface area contributed by atoms with E-state index in [0.29, 0.717) is 26.4 Å². The van der Waals surface area contributed by atoms with E-state index in [4.69, 9.17) is 18.6 Å². The lowest BCUT2D eigenvalue weighted by Gasteiger charge is -2.32. The minimum absolute atomic E-state index is 0.345. The lowest BCUT2D eigenvalue weighted by atomic mass is 10.5. The number of rotatable bonds is 10. The first-order chi connectivity index (χ1) is 7.24. The van der Waals surface area contributed by atoms with Crippen molar-refractivity contribution in [3.63, 3.8) is 0 Å². The quantitative estimate of drug-likeness (QED) is 0.423. The molecule has 0 aliphatic heterocycles. The van der Waals surface area contributed by atoms with Gasteiger partial charge in [0.25, 0.3) is 5.97 Å². The topological polar surface area (TPSA) is 36.9 Å². The highest BCUT2D eigenvalue weighted by Crippen LogP contribution is 2.16. The van der Waals surface area contributed by atoms with Crippen LogP contribution in [0, 0.1) is 0 Å². The van der Waals surface area contributed by atoms with Crippen molar-refractivity contribution >= 4 is 9.76 Å². The van der Waals surface area contributed by atoms with Gasteiger partial charge in [-0.2, -0.15) is 0 Å². The Morgan fingerprint density at radius 3 is 1.93 bits per heavy atom. The second kappa shape index (κ2) is 9.29. The maximum atomic E-state index is 5.73. The molecular formula is C10H24O4Si. The van der Waals surface area contributed by atoms with Gasteiger partial charge in [-0.15, -0.1) is 0 Å². The number of hydrogen-bond donors (Lipinski definition) is 0. The molecule has 0 spiro atoms. The van der Waals surface area contributed by atoms with Crippen molar-refractivity contribution in [1.29, 1.82) is 0 Å².